The lowest BCUT2D eigenvalue weighted by molar-refractivity contribution is -0.389. The Morgan fingerprint density at radius 2 is 2.24 bits per heavy atom. The normalized spacial score (nSPS) is 14.4. The summed E-state index contributed by atoms with van der Waals surface area (Å²) in [4.78, 5) is 24.0. The SMILES string of the molecule is Cc1cc([N+](=O)[O-])nn1C(C)C(=O)Nc1sc2c(c1C#N)CCCC2. The van der Waals surface area contributed by atoms with Gasteiger partial charge in [0.05, 0.1) is 22.4 Å². The van der Waals surface area contributed by atoms with Gasteiger partial charge >= 0.3 is 5.82 Å². The molecule has 1 N–H and O–H groups in total. The van der Waals surface area contributed by atoms with Crippen LogP contribution in [0.15, 0.2) is 6.07 Å². The van der Waals surface area contributed by atoms with E-state index in [9.17, 15) is 20.2 Å². The van der Waals surface area contributed by atoms with E-state index in [1.165, 1.54) is 22.1 Å². The highest BCUT2D eigenvalue weighted by Gasteiger charge is 2.27. The van der Waals surface area contributed by atoms with Crippen molar-refractivity contribution < 1.29 is 9.72 Å². The molecular formula is C16H17N5O3S. The number of nitro groups is 1. The first-order valence-electron chi connectivity index (χ1n) is 7.98. The highest BCUT2D eigenvalue weighted by Crippen LogP contribution is 2.37. The van der Waals surface area contributed by atoms with Gasteiger partial charge in [-0.25, -0.2) is 0 Å². The highest BCUT2D eigenvalue weighted by atomic mass is 32.1. The Morgan fingerprint density at radius 1 is 1.52 bits per heavy atom. The lowest BCUT2D eigenvalue weighted by atomic mass is 9.96. The van der Waals surface area contributed by atoms with Gasteiger partial charge in [-0.1, -0.05) is 0 Å². The third kappa shape index (κ3) is 3.13. The molecule has 1 atom stereocenters. The summed E-state index contributed by atoms with van der Waals surface area (Å²) in [6.45, 7) is 3.28. The van der Waals surface area contributed by atoms with Crippen molar-refractivity contribution in [2.75, 3.05) is 5.32 Å². The second-order valence-electron chi connectivity index (χ2n) is 6.04. The number of nitrogens with zero attached hydrogens (tertiary/aromatic N) is 4. The molecule has 0 saturated carbocycles. The predicted molar refractivity (Wildman–Crippen MR) is 92.6 cm³/mol. The molecular weight excluding hydrogens is 342 g/mol. The highest BCUT2D eigenvalue weighted by molar-refractivity contribution is 7.16. The number of aromatic nitrogens is 2. The van der Waals surface area contributed by atoms with E-state index in [1.807, 2.05) is 0 Å². The Morgan fingerprint density at radius 3 is 2.88 bits per heavy atom. The number of aryl methyl sites for hydroxylation is 2. The molecule has 1 aliphatic rings. The number of hydrogen-bond donors (Lipinski definition) is 1. The number of anilines is 1. The molecule has 130 valence electrons. The van der Waals surface area contributed by atoms with Crippen LogP contribution in [0.4, 0.5) is 10.8 Å². The molecule has 2 aromatic heterocycles. The molecule has 2 aromatic rings. The molecule has 9 heteroatoms. The Kier molecular flexibility index (Phi) is 4.55. The number of amides is 1. The maximum absolute atomic E-state index is 12.6. The van der Waals surface area contributed by atoms with Gasteiger partial charge in [0.15, 0.2) is 0 Å². The van der Waals surface area contributed by atoms with Gasteiger partial charge in [-0.3, -0.25) is 4.79 Å². The van der Waals surface area contributed by atoms with Crippen LogP contribution in [0.2, 0.25) is 0 Å². The standard InChI is InChI=1S/C16H17N5O3S/c1-9-7-14(21(23)24)19-20(9)10(2)15(22)18-16-12(8-17)11-5-3-4-6-13(11)25-16/h7,10H,3-6H2,1-2H3,(H,18,22). The van der Waals surface area contributed by atoms with Gasteiger partial charge < -0.3 is 15.4 Å². The molecule has 0 radical (unpaired) electrons. The summed E-state index contributed by atoms with van der Waals surface area (Å²) in [5, 5.41) is 27.5. The van der Waals surface area contributed by atoms with Crippen molar-refractivity contribution in [2.45, 2.75) is 45.6 Å². The van der Waals surface area contributed by atoms with Crippen molar-refractivity contribution in [3.8, 4) is 6.07 Å². The maximum Gasteiger partial charge on any atom is 0.390 e. The first kappa shape index (κ1) is 17.1. The van der Waals surface area contributed by atoms with Gasteiger partial charge in [-0.05, 0) is 50.0 Å². The minimum Gasteiger partial charge on any atom is -0.358 e. The summed E-state index contributed by atoms with van der Waals surface area (Å²) in [6, 6.07) is 2.81. The quantitative estimate of drug-likeness (QED) is 0.665. The summed E-state index contributed by atoms with van der Waals surface area (Å²) in [5.74, 6) is -0.641. The number of nitrogens with one attached hydrogen (secondary N) is 1. The van der Waals surface area contributed by atoms with Gasteiger partial charge in [-0.2, -0.15) is 9.94 Å². The van der Waals surface area contributed by atoms with E-state index < -0.39 is 11.0 Å². The molecule has 2 heterocycles. The first-order chi connectivity index (χ1) is 11.9. The Bertz CT molecular complexity index is 892. The maximum atomic E-state index is 12.6. The molecule has 1 amide bonds. The molecule has 0 spiro atoms. The summed E-state index contributed by atoms with van der Waals surface area (Å²) < 4.78 is 1.33. The zero-order valence-corrected chi connectivity index (χ0v) is 14.7. The van der Waals surface area contributed by atoms with Gasteiger partial charge in [0, 0.05) is 4.88 Å². The minimum absolute atomic E-state index is 0.290. The lowest BCUT2D eigenvalue weighted by Gasteiger charge is -2.11. The van der Waals surface area contributed by atoms with Crippen LogP contribution in [0.25, 0.3) is 0 Å². The van der Waals surface area contributed by atoms with Crippen LogP contribution in [0.5, 0.6) is 0 Å². The fourth-order valence-electron chi connectivity index (χ4n) is 3.05. The Hall–Kier alpha value is -2.73. The second kappa shape index (κ2) is 6.64. The molecule has 0 aromatic carbocycles. The number of rotatable bonds is 4. The molecule has 1 aliphatic carbocycles. The zero-order chi connectivity index (χ0) is 18.1. The van der Waals surface area contributed by atoms with Crippen LogP contribution in [-0.2, 0) is 17.6 Å². The lowest BCUT2D eigenvalue weighted by Crippen LogP contribution is -2.25. The number of nitriles is 1. The van der Waals surface area contributed by atoms with Crippen molar-refractivity contribution in [1.29, 1.82) is 5.26 Å². The van der Waals surface area contributed by atoms with E-state index in [0.717, 1.165) is 36.1 Å². The third-order valence-electron chi connectivity index (χ3n) is 4.36. The molecule has 0 saturated heterocycles. The van der Waals surface area contributed by atoms with Gasteiger partial charge in [-0.15, -0.1) is 11.3 Å². The fraction of sp³-hybridized carbons (Fsp3) is 0.438. The number of hydrogen-bond acceptors (Lipinski definition) is 6. The predicted octanol–water partition coefficient (Wildman–Crippen LogP) is 3.11. The van der Waals surface area contributed by atoms with E-state index in [-0.39, 0.29) is 11.7 Å². The van der Waals surface area contributed by atoms with E-state index in [0.29, 0.717) is 16.3 Å². The second-order valence-corrected chi connectivity index (χ2v) is 7.14. The number of fused-ring (bicyclic) bond motifs is 1. The summed E-state index contributed by atoms with van der Waals surface area (Å²) >= 11 is 1.45. The van der Waals surface area contributed by atoms with Crippen molar-refractivity contribution in [3.05, 3.63) is 37.9 Å². The van der Waals surface area contributed by atoms with Crippen molar-refractivity contribution in [1.82, 2.24) is 9.78 Å². The Labute approximate surface area is 148 Å². The van der Waals surface area contributed by atoms with Gasteiger partial charge in [0.2, 0.25) is 0 Å². The summed E-state index contributed by atoms with van der Waals surface area (Å²) in [6.07, 6.45) is 3.95. The average Bonchev–Trinajstić information content (AvgIpc) is 3.14. The molecule has 3 rings (SSSR count). The molecule has 8 nitrogen and oxygen atoms in total. The summed E-state index contributed by atoms with van der Waals surface area (Å²) in [5.41, 5.74) is 2.12. The van der Waals surface area contributed by atoms with E-state index in [2.05, 4.69) is 16.5 Å². The van der Waals surface area contributed by atoms with Gasteiger partial charge in [0.25, 0.3) is 5.91 Å². The minimum atomic E-state index is -0.723. The topological polar surface area (TPSA) is 114 Å². The van der Waals surface area contributed by atoms with Crippen LogP contribution < -0.4 is 5.32 Å². The van der Waals surface area contributed by atoms with E-state index >= 15 is 0 Å². The Balaban J connectivity index is 1.84. The van der Waals surface area contributed by atoms with Crippen molar-refractivity contribution in [3.63, 3.8) is 0 Å². The van der Waals surface area contributed by atoms with Crippen LogP contribution in [-0.4, -0.2) is 20.6 Å². The largest absolute Gasteiger partial charge is 0.390 e. The first-order valence-corrected chi connectivity index (χ1v) is 8.80. The monoisotopic (exact) mass is 359 g/mol. The third-order valence-corrected chi connectivity index (χ3v) is 5.57. The van der Waals surface area contributed by atoms with Gasteiger partial charge in [0.1, 0.15) is 17.1 Å². The summed E-state index contributed by atoms with van der Waals surface area (Å²) in [7, 11) is 0. The molecule has 0 bridgehead atoms. The molecule has 0 aliphatic heterocycles. The van der Waals surface area contributed by atoms with Crippen molar-refractivity contribution >= 4 is 28.1 Å². The number of carbonyl (C=O) groups excluding carboxylic acids is 1. The van der Waals surface area contributed by atoms with E-state index in [1.54, 1.807) is 13.8 Å². The van der Waals surface area contributed by atoms with Crippen LogP contribution in [0.1, 0.15) is 47.5 Å². The number of carbonyl (C=O) groups is 1. The number of thiophene rings is 1. The fourth-order valence-corrected chi connectivity index (χ4v) is 4.29. The molecule has 1 unspecified atom stereocenters. The molecule has 25 heavy (non-hydrogen) atoms. The van der Waals surface area contributed by atoms with Crippen LogP contribution >= 0.6 is 11.3 Å². The van der Waals surface area contributed by atoms with Crippen LogP contribution in [0, 0.1) is 28.4 Å². The van der Waals surface area contributed by atoms with E-state index in [4.69, 9.17) is 0 Å². The van der Waals surface area contributed by atoms with Crippen molar-refractivity contribution in [2.24, 2.45) is 0 Å². The zero-order valence-electron chi connectivity index (χ0n) is 13.9. The van der Waals surface area contributed by atoms with Crippen LogP contribution in [0.3, 0.4) is 0 Å². The molecule has 0 fully saturated rings. The smallest absolute Gasteiger partial charge is 0.358 e. The average molecular weight is 359 g/mol.